The van der Waals surface area contributed by atoms with Crippen LogP contribution in [0.2, 0.25) is 0 Å². The van der Waals surface area contributed by atoms with Crippen LogP contribution in [0.25, 0.3) is 0 Å². The first-order chi connectivity index (χ1) is 13.5. The first kappa shape index (κ1) is 26.8. The molecule has 0 saturated carbocycles. The highest BCUT2D eigenvalue weighted by Gasteiger charge is 2.19. The molecule has 2 unspecified atom stereocenters. The van der Waals surface area contributed by atoms with E-state index >= 15 is 0 Å². The summed E-state index contributed by atoms with van der Waals surface area (Å²) in [5.74, 6) is -1.12. The molecule has 28 heavy (non-hydrogen) atoms. The van der Waals surface area contributed by atoms with E-state index in [9.17, 15) is 9.59 Å². The normalized spacial score (nSPS) is 13.1. The Morgan fingerprint density at radius 2 is 0.893 bits per heavy atom. The van der Waals surface area contributed by atoms with Crippen molar-refractivity contribution < 1.29 is 38.0 Å². The molecule has 0 radical (unpaired) electrons. The van der Waals surface area contributed by atoms with Gasteiger partial charge in [-0.2, -0.15) is 0 Å². The van der Waals surface area contributed by atoms with Crippen LogP contribution in [0.1, 0.15) is 40.5 Å². The minimum absolute atomic E-state index is 0.218. The molecule has 0 fully saturated rings. The van der Waals surface area contributed by atoms with Gasteiger partial charge in [-0.25, -0.2) is 0 Å². The minimum atomic E-state index is -0.281. The first-order valence-corrected chi connectivity index (χ1v) is 10.2. The van der Waals surface area contributed by atoms with Crippen LogP contribution in [-0.4, -0.2) is 78.0 Å². The number of ether oxygens (including phenoxy) is 6. The average molecular weight is 407 g/mol. The number of hydrogen-bond acceptors (Lipinski definition) is 8. The van der Waals surface area contributed by atoms with E-state index in [0.29, 0.717) is 65.7 Å². The van der Waals surface area contributed by atoms with Crippen LogP contribution >= 0.6 is 0 Å². The Balaban J connectivity index is 3.69. The molecule has 8 heteroatoms. The van der Waals surface area contributed by atoms with Gasteiger partial charge in [0.1, 0.15) is 13.2 Å². The zero-order valence-corrected chi connectivity index (χ0v) is 17.9. The maximum atomic E-state index is 11.9. The minimum Gasteiger partial charge on any atom is -0.463 e. The van der Waals surface area contributed by atoms with Crippen molar-refractivity contribution in [2.75, 3.05) is 66.1 Å². The molecular weight excluding hydrogens is 368 g/mol. The number of hydrogen-bond donors (Lipinski definition) is 0. The van der Waals surface area contributed by atoms with Crippen molar-refractivity contribution >= 4 is 11.9 Å². The largest absolute Gasteiger partial charge is 0.463 e. The molecule has 0 amide bonds. The summed E-state index contributed by atoms with van der Waals surface area (Å²) in [6, 6.07) is 0. The van der Waals surface area contributed by atoms with Gasteiger partial charge in [0.2, 0.25) is 0 Å². The van der Waals surface area contributed by atoms with Gasteiger partial charge in [0.15, 0.2) is 0 Å². The predicted molar refractivity (Wildman–Crippen MR) is 104 cm³/mol. The van der Waals surface area contributed by atoms with Crippen molar-refractivity contribution in [3.8, 4) is 0 Å². The molecule has 0 aromatic rings. The van der Waals surface area contributed by atoms with Crippen molar-refractivity contribution in [3.05, 3.63) is 0 Å². The Bertz CT molecular complexity index is 352. The molecule has 0 aromatic heterocycles. The summed E-state index contributed by atoms with van der Waals surface area (Å²) in [5, 5.41) is 0. The first-order valence-electron chi connectivity index (χ1n) is 10.2. The summed E-state index contributed by atoms with van der Waals surface area (Å²) < 4.78 is 31.2. The van der Waals surface area contributed by atoms with E-state index in [1.54, 1.807) is 13.8 Å². The molecule has 8 nitrogen and oxygen atoms in total. The van der Waals surface area contributed by atoms with Crippen molar-refractivity contribution in [1.29, 1.82) is 0 Å². The van der Waals surface area contributed by atoms with Crippen LogP contribution in [0, 0.1) is 11.8 Å². The summed E-state index contributed by atoms with van der Waals surface area (Å²) in [6.07, 6.45) is 1.12. The molecule has 2 atom stereocenters. The van der Waals surface area contributed by atoms with Gasteiger partial charge in [-0.15, -0.1) is 0 Å². The number of carbonyl (C=O) groups is 2. The van der Waals surface area contributed by atoms with Gasteiger partial charge < -0.3 is 28.4 Å². The summed E-state index contributed by atoms with van der Waals surface area (Å²) in [6.45, 7) is 11.9. The summed E-state index contributed by atoms with van der Waals surface area (Å²) in [7, 11) is 0. The Hall–Kier alpha value is -1.22. The number of rotatable bonds is 19. The molecular formula is C20H38O8. The lowest BCUT2D eigenvalue weighted by atomic mass is 9.98. The van der Waals surface area contributed by atoms with Crippen LogP contribution in [0.4, 0.5) is 0 Å². The monoisotopic (exact) mass is 406 g/mol. The van der Waals surface area contributed by atoms with E-state index in [0.717, 1.165) is 0 Å². The third-order valence-corrected chi connectivity index (χ3v) is 3.93. The zero-order chi connectivity index (χ0) is 21.0. The molecule has 0 heterocycles. The van der Waals surface area contributed by atoms with Gasteiger partial charge in [-0.3, -0.25) is 9.59 Å². The van der Waals surface area contributed by atoms with Crippen molar-refractivity contribution in [3.63, 3.8) is 0 Å². The van der Waals surface area contributed by atoms with Gasteiger partial charge in [0.05, 0.1) is 51.5 Å². The molecule has 0 aliphatic rings. The highest BCUT2D eigenvalue weighted by atomic mass is 16.6. The van der Waals surface area contributed by atoms with Crippen LogP contribution in [-0.2, 0) is 38.0 Å². The van der Waals surface area contributed by atoms with E-state index in [2.05, 4.69) is 0 Å². The van der Waals surface area contributed by atoms with Gasteiger partial charge in [-0.1, -0.05) is 13.8 Å². The fourth-order valence-corrected chi connectivity index (χ4v) is 2.15. The molecule has 0 saturated heterocycles. The van der Waals surface area contributed by atoms with E-state index < -0.39 is 0 Å². The summed E-state index contributed by atoms with van der Waals surface area (Å²) in [5.41, 5.74) is 0. The second-order valence-corrected chi connectivity index (χ2v) is 6.33. The van der Waals surface area contributed by atoms with E-state index in [1.165, 1.54) is 0 Å². The van der Waals surface area contributed by atoms with Crippen LogP contribution in [0.15, 0.2) is 0 Å². The maximum absolute atomic E-state index is 11.9. The summed E-state index contributed by atoms with van der Waals surface area (Å²) in [4.78, 5) is 23.9. The highest BCUT2D eigenvalue weighted by Crippen LogP contribution is 2.15. The molecule has 0 spiro atoms. The highest BCUT2D eigenvalue weighted by molar-refractivity contribution is 5.73. The SMILES string of the molecule is CCOCCOCCOC(=O)C(C)CCC(C)C(=O)OCCOCCOCC. The molecule has 0 aliphatic heterocycles. The maximum Gasteiger partial charge on any atom is 0.308 e. The van der Waals surface area contributed by atoms with Gasteiger partial charge in [-0.05, 0) is 26.7 Å². The molecule has 0 N–H and O–H groups in total. The lowest BCUT2D eigenvalue weighted by Gasteiger charge is -2.15. The Kier molecular flexibility index (Phi) is 18.3. The fraction of sp³-hybridized carbons (Fsp3) is 0.900. The smallest absolute Gasteiger partial charge is 0.308 e. The number of esters is 2. The van der Waals surface area contributed by atoms with E-state index in [4.69, 9.17) is 28.4 Å². The van der Waals surface area contributed by atoms with Crippen molar-refractivity contribution in [1.82, 2.24) is 0 Å². The van der Waals surface area contributed by atoms with Crippen LogP contribution in [0.5, 0.6) is 0 Å². The Morgan fingerprint density at radius 3 is 1.25 bits per heavy atom. The van der Waals surface area contributed by atoms with E-state index in [-0.39, 0.29) is 37.0 Å². The molecule has 0 aromatic carbocycles. The number of carbonyl (C=O) groups excluding carboxylic acids is 2. The average Bonchev–Trinajstić information content (AvgIpc) is 2.69. The molecule has 0 bridgehead atoms. The van der Waals surface area contributed by atoms with Gasteiger partial charge in [0.25, 0.3) is 0 Å². The van der Waals surface area contributed by atoms with Gasteiger partial charge >= 0.3 is 11.9 Å². The predicted octanol–water partition coefficient (Wildman–Crippen LogP) is 2.23. The third-order valence-electron chi connectivity index (χ3n) is 3.93. The standard InChI is InChI=1S/C20H38O8/c1-5-23-9-11-25-13-15-27-19(21)17(3)7-8-18(4)20(22)28-16-14-26-12-10-24-6-2/h17-18H,5-16H2,1-4H3. The summed E-state index contributed by atoms with van der Waals surface area (Å²) >= 11 is 0. The molecule has 166 valence electrons. The topological polar surface area (TPSA) is 89.5 Å². The molecule has 0 aliphatic carbocycles. The van der Waals surface area contributed by atoms with Crippen molar-refractivity contribution in [2.45, 2.75) is 40.5 Å². The fourth-order valence-electron chi connectivity index (χ4n) is 2.15. The van der Waals surface area contributed by atoms with Crippen LogP contribution in [0.3, 0.4) is 0 Å². The Labute approximate surface area is 169 Å². The van der Waals surface area contributed by atoms with Gasteiger partial charge in [0, 0.05) is 13.2 Å². The third kappa shape index (κ3) is 15.8. The van der Waals surface area contributed by atoms with Crippen LogP contribution < -0.4 is 0 Å². The quantitative estimate of drug-likeness (QED) is 0.238. The lowest BCUT2D eigenvalue weighted by molar-refractivity contribution is -0.152. The van der Waals surface area contributed by atoms with E-state index in [1.807, 2.05) is 13.8 Å². The second kappa shape index (κ2) is 19.1. The van der Waals surface area contributed by atoms with Crippen molar-refractivity contribution in [2.24, 2.45) is 11.8 Å². The second-order valence-electron chi connectivity index (χ2n) is 6.33. The lowest BCUT2D eigenvalue weighted by Crippen LogP contribution is -2.21. The zero-order valence-electron chi connectivity index (χ0n) is 17.9. The Morgan fingerprint density at radius 1 is 0.571 bits per heavy atom. The molecule has 0 rings (SSSR count).